The predicted molar refractivity (Wildman–Crippen MR) is 77.4 cm³/mol. The van der Waals surface area contributed by atoms with E-state index in [4.69, 9.17) is 5.73 Å². The molecule has 0 aliphatic heterocycles. The monoisotopic (exact) mass is 272 g/mol. The van der Waals surface area contributed by atoms with E-state index in [9.17, 15) is 10.1 Å². The van der Waals surface area contributed by atoms with Gasteiger partial charge in [-0.3, -0.25) is 10.1 Å². The molecule has 0 unspecified atom stereocenters. The summed E-state index contributed by atoms with van der Waals surface area (Å²) in [6, 6.07) is 6.37. The molecule has 6 heteroatoms. The Bertz CT molecular complexity index is 668. The molecule has 2 N–H and O–H groups in total. The molecule has 0 saturated carbocycles. The number of hydrogen-bond acceptors (Lipinski definition) is 5. The zero-order chi connectivity index (χ0) is 14.9. The van der Waals surface area contributed by atoms with Crippen LogP contribution in [0.1, 0.15) is 31.2 Å². The fourth-order valence-corrected chi connectivity index (χ4v) is 1.86. The first-order valence-electron chi connectivity index (χ1n) is 6.29. The molecule has 0 fully saturated rings. The summed E-state index contributed by atoms with van der Waals surface area (Å²) in [4.78, 5) is 19.2. The number of nitrogen functional groups attached to an aromatic ring is 1. The molecule has 0 spiro atoms. The molecule has 104 valence electrons. The van der Waals surface area contributed by atoms with Crippen LogP contribution in [0.2, 0.25) is 0 Å². The Morgan fingerprint density at radius 2 is 2.00 bits per heavy atom. The predicted octanol–water partition coefficient (Wildman–Crippen LogP) is 3.07. The molecule has 0 atom stereocenters. The lowest BCUT2D eigenvalue weighted by atomic mass is 10.1. The van der Waals surface area contributed by atoms with Crippen LogP contribution in [0.25, 0.3) is 11.3 Å². The maximum Gasteiger partial charge on any atom is 0.270 e. The molecular weight excluding hydrogens is 256 g/mol. The maximum absolute atomic E-state index is 10.9. The number of nitro groups is 1. The van der Waals surface area contributed by atoms with Gasteiger partial charge in [0.1, 0.15) is 11.6 Å². The van der Waals surface area contributed by atoms with Gasteiger partial charge in [0, 0.05) is 29.2 Å². The largest absolute Gasteiger partial charge is 0.383 e. The van der Waals surface area contributed by atoms with Crippen LogP contribution in [0.5, 0.6) is 0 Å². The number of nitrogens with two attached hydrogens (primary N) is 1. The summed E-state index contributed by atoms with van der Waals surface area (Å²) in [6.45, 7) is 5.76. The molecule has 0 aliphatic rings. The lowest BCUT2D eigenvalue weighted by Gasteiger charge is -2.12. The highest BCUT2D eigenvalue weighted by atomic mass is 16.6. The lowest BCUT2D eigenvalue weighted by Crippen LogP contribution is -2.06. The van der Waals surface area contributed by atoms with Crippen molar-refractivity contribution in [1.82, 2.24) is 9.97 Å². The van der Waals surface area contributed by atoms with Crippen LogP contribution >= 0.6 is 0 Å². The molecule has 0 amide bonds. The van der Waals surface area contributed by atoms with E-state index in [-0.39, 0.29) is 11.6 Å². The molecule has 1 aromatic heterocycles. The van der Waals surface area contributed by atoms with Gasteiger partial charge in [-0.05, 0) is 6.92 Å². The molecular formula is C14H16N4O2. The van der Waals surface area contributed by atoms with Gasteiger partial charge < -0.3 is 5.73 Å². The quantitative estimate of drug-likeness (QED) is 0.684. The van der Waals surface area contributed by atoms with E-state index in [2.05, 4.69) is 9.97 Å². The lowest BCUT2D eigenvalue weighted by molar-refractivity contribution is -0.384. The van der Waals surface area contributed by atoms with Gasteiger partial charge in [-0.25, -0.2) is 9.97 Å². The molecule has 2 aromatic rings. The van der Waals surface area contributed by atoms with E-state index in [1.165, 1.54) is 12.1 Å². The zero-order valence-corrected chi connectivity index (χ0v) is 11.6. The molecule has 0 radical (unpaired) electrons. The number of aromatic nitrogens is 2. The Morgan fingerprint density at radius 1 is 1.30 bits per heavy atom. The van der Waals surface area contributed by atoms with E-state index in [0.717, 1.165) is 5.56 Å². The first-order chi connectivity index (χ1) is 9.40. The fourth-order valence-electron chi connectivity index (χ4n) is 1.86. The van der Waals surface area contributed by atoms with Crippen molar-refractivity contribution in [3.8, 4) is 11.3 Å². The average molecular weight is 272 g/mol. The third kappa shape index (κ3) is 2.59. The normalized spacial score (nSPS) is 10.8. The smallest absolute Gasteiger partial charge is 0.270 e. The zero-order valence-electron chi connectivity index (χ0n) is 11.6. The minimum absolute atomic E-state index is 0.0326. The van der Waals surface area contributed by atoms with Gasteiger partial charge in [-0.2, -0.15) is 0 Å². The highest BCUT2D eigenvalue weighted by Gasteiger charge is 2.15. The summed E-state index contributed by atoms with van der Waals surface area (Å²) in [7, 11) is 0. The van der Waals surface area contributed by atoms with E-state index in [0.29, 0.717) is 22.9 Å². The van der Waals surface area contributed by atoms with Gasteiger partial charge in [0.05, 0.1) is 10.6 Å². The summed E-state index contributed by atoms with van der Waals surface area (Å²) in [5.41, 5.74) is 7.99. The summed E-state index contributed by atoms with van der Waals surface area (Å²) in [5, 5.41) is 10.9. The van der Waals surface area contributed by atoms with Crippen molar-refractivity contribution < 1.29 is 4.92 Å². The minimum Gasteiger partial charge on any atom is -0.383 e. The van der Waals surface area contributed by atoms with Gasteiger partial charge in [0.25, 0.3) is 5.69 Å². The second-order valence-corrected chi connectivity index (χ2v) is 4.90. The Labute approximate surface area is 116 Å². The first-order valence-corrected chi connectivity index (χ1v) is 6.29. The van der Waals surface area contributed by atoms with E-state index >= 15 is 0 Å². The van der Waals surface area contributed by atoms with Gasteiger partial charge in [0.2, 0.25) is 0 Å². The van der Waals surface area contributed by atoms with Crippen molar-refractivity contribution >= 4 is 11.5 Å². The fraction of sp³-hybridized carbons (Fsp3) is 0.286. The topological polar surface area (TPSA) is 94.9 Å². The van der Waals surface area contributed by atoms with Crippen LogP contribution in [0.4, 0.5) is 11.5 Å². The number of nitrogens with zero attached hydrogens (tertiary/aromatic N) is 3. The molecule has 0 saturated heterocycles. The van der Waals surface area contributed by atoms with Crippen molar-refractivity contribution in [1.29, 1.82) is 0 Å². The Hall–Kier alpha value is -2.50. The molecule has 6 nitrogen and oxygen atoms in total. The van der Waals surface area contributed by atoms with Crippen molar-refractivity contribution in [2.45, 2.75) is 26.7 Å². The summed E-state index contributed by atoms with van der Waals surface area (Å²) in [6.07, 6.45) is 0. The average Bonchev–Trinajstić information content (AvgIpc) is 2.41. The standard InChI is InChI=1S/C14H16N4O2/c1-8(2)14-16-12(9(3)13(15)17-14)10-5-4-6-11(7-10)18(19)20/h4-8H,1-3H3,(H2,15,16,17). The highest BCUT2D eigenvalue weighted by molar-refractivity contribution is 5.69. The van der Waals surface area contributed by atoms with Crippen LogP contribution in [0, 0.1) is 17.0 Å². The van der Waals surface area contributed by atoms with Gasteiger partial charge >= 0.3 is 0 Å². The first kappa shape index (κ1) is 13.9. The number of hydrogen-bond donors (Lipinski definition) is 1. The van der Waals surface area contributed by atoms with Crippen molar-refractivity contribution in [3.63, 3.8) is 0 Å². The van der Waals surface area contributed by atoms with Crippen LogP contribution in [-0.4, -0.2) is 14.9 Å². The number of rotatable bonds is 3. The van der Waals surface area contributed by atoms with E-state index in [1.54, 1.807) is 12.1 Å². The SMILES string of the molecule is Cc1c(N)nc(C(C)C)nc1-c1cccc([N+](=O)[O-])c1. The third-order valence-electron chi connectivity index (χ3n) is 3.05. The number of anilines is 1. The van der Waals surface area contributed by atoms with Crippen LogP contribution < -0.4 is 5.73 Å². The van der Waals surface area contributed by atoms with Gasteiger partial charge in [-0.1, -0.05) is 26.0 Å². The number of non-ortho nitro benzene ring substituents is 1. The van der Waals surface area contributed by atoms with Crippen LogP contribution in [0.3, 0.4) is 0 Å². The van der Waals surface area contributed by atoms with Crippen molar-refractivity contribution in [3.05, 3.63) is 45.8 Å². The summed E-state index contributed by atoms with van der Waals surface area (Å²) >= 11 is 0. The second-order valence-electron chi connectivity index (χ2n) is 4.90. The maximum atomic E-state index is 10.9. The Kier molecular flexibility index (Phi) is 3.65. The van der Waals surface area contributed by atoms with E-state index < -0.39 is 4.92 Å². The molecule has 1 heterocycles. The van der Waals surface area contributed by atoms with Gasteiger partial charge in [-0.15, -0.1) is 0 Å². The molecule has 2 rings (SSSR count). The van der Waals surface area contributed by atoms with Crippen molar-refractivity contribution in [2.24, 2.45) is 0 Å². The van der Waals surface area contributed by atoms with Crippen LogP contribution in [-0.2, 0) is 0 Å². The molecule has 20 heavy (non-hydrogen) atoms. The summed E-state index contributed by atoms with van der Waals surface area (Å²) in [5.74, 6) is 1.18. The Balaban J connectivity index is 2.62. The Morgan fingerprint density at radius 3 is 2.60 bits per heavy atom. The second kappa shape index (κ2) is 5.24. The van der Waals surface area contributed by atoms with Crippen LogP contribution in [0.15, 0.2) is 24.3 Å². The van der Waals surface area contributed by atoms with Gasteiger partial charge in [0.15, 0.2) is 0 Å². The molecule has 0 aliphatic carbocycles. The highest BCUT2D eigenvalue weighted by Crippen LogP contribution is 2.28. The number of benzene rings is 1. The summed E-state index contributed by atoms with van der Waals surface area (Å²) < 4.78 is 0. The van der Waals surface area contributed by atoms with Crippen molar-refractivity contribution in [2.75, 3.05) is 5.73 Å². The van der Waals surface area contributed by atoms with E-state index in [1.807, 2.05) is 20.8 Å². The molecule has 0 bridgehead atoms. The number of nitro benzene ring substituents is 1. The molecule has 1 aromatic carbocycles. The third-order valence-corrected chi connectivity index (χ3v) is 3.05. The minimum atomic E-state index is -0.424.